The van der Waals surface area contributed by atoms with Crippen molar-refractivity contribution in [2.45, 2.75) is 33.2 Å². The molecule has 2 nitrogen and oxygen atoms in total. The fourth-order valence-corrected chi connectivity index (χ4v) is 1.75. The molecule has 0 aliphatic heterocycles. The molecule has 1 heterocycles. The van der Waals surface area contributed by atoms with E-state index in [1.54, 1.807) is 0 Å². The first-order valence-corrected chi connectivity index (χ1v) is 5.46. The van der Waals surface area contributed by atoms with Crippen LogP contribution in [0.1, 0.15) is 25.5 Å². The van der Waals surface area contributed by atoms with Crippen molar-refractivity contribution in [3.8, 4) is 0 Å². The van der Waals surface area contributed by atoms with Crippen molar-refractivity contribution in [2.24, 2.45) is 5.92 Å². The van der Waals surface area contributed by atoms with E-state index >= 15 is 0 Å². The fraction of sp³-hybridized carbons (Fsp3) is 0.700. The predicted molar refractivity (Wildman–Crippen MR) is 59.2 cm³/mol. The molecule has 0 spiro atoms. The average Bonchev–Trinajstić information content (AvgIpc) is 2.49. The lowest BCUT2D eigenvalue weighted by atomic mass is 10.1. The minimum Gasteiger partial charge on any atom is -0.272 e. The van der Waals surface area contributed by atoms with Gasteiger partial charge in [-0.15, -0.1) is 0 Å². The smallest absolute Gasteiger partial charge is 0.0593 e. The summed E-state index contributed by atoms with van der Waals surface area (Å²) in [6.45, 7) is 5.32. The number of aryl methyl sites for hydroxylation is 2. The van der Waals surface area contributed by atoms with Gasteiger partial charge in [0, 0.05) is 12.7 Å². The molecule has 74 valence electrons. The van der Waals surface area contributed by atoms with Crippen molar-refractivity contribution in [3.05, 3.63) is 18.0 Å². The van der Waals surface area contributed by atoms with Gasteiger partial charge in [-0.3, -0.25) is 4.68 Å². The second-order valence-corrected chi connectivity index (χ2v) is 4.07. The number of rotatable bonds is 5. The SMILES string of the molecule is Cc1ccn(CCC(C)CCS)n1. The fourth-order valence-electron chi connectivity index (χ4n) is 1.31. The molecular formula is C10H18N2S. The van der Waals surface area contributed by atoms with Crippen molar-refractivity contribution < 1.29 is 0 Å². The van der Waals surface area contributed by atoms with Crippen molar-refractivity contribution in [1.29, 1.82) is 0 Å². The van der Waals surface area contributed by atoms with Crippen LogP contribution in [0.15, 0.2) is 12.3 Å². The number of hydrogen-bond acceptors (Lipinski definition) is 2. The third-order valence-electron chi connectivity index (χ3n) is 2.25. The highest BCUT2D eigenvalue weighted by Gasteiger charge is 2.01. The molecule has 13 heavy (non-hydrogen) atoms. The molecule has 0 aliphatic carbocycles. The molecule has 0 amide bonds. The predicted octanol–water partition coefficient (Wildman–Crippen LogP) is 2.54. The molecule has 1 atom stereocenters. The largest absolute Gasteiger partial charge is 0.272 e. The van der Waals surface area contributed by atoms with Crippen molar-refractivity contribution in [3.63, 3.8) is 0 Å². The van der Waals surface area contributed by atoms with E-state index in [0.29, 0.717) is 0 Å². The van der Waals surface area contributed by atoms with Crippen LogP contribution in [0.5, 0.6) is 0 Å². The van der Waals surface area contributed by atoms with Crippen LogP contribution in [0.4, 0.5) is 0 Å². The number of hydrogen-bond donors (Lipinski definition) is 1. The molecule has 0 saturated heterocycles. The number of aromatic nitrogens is 2. The summed E-state index contributed by atoms with van der Waals surface area (Å²) >= 11 is 4.22. The van der Waals surface area contributed by atoms with Gasteiger partial charge >= 0.3 is 0 Å². The van der Waals surface area contributed by atoms with Gasteiger partial charge in [0.2, 0.25) is 0 Å². The van der Waals surface area contributed by atoms with Crippen LogP contribution in [-0.4, -0.2) is 15.5 Å². The maximum absolute atomic E-state index is 4.34. The third kappa shape index (κ3) is 3.85. The average molecular weight is 198 g/mol. The Morgan fingerprint density at radius 1 is 1.54 bits per heavy atom. The molecule has 3 heteroatoms. The Bertz CT molecular complexity index is 245. The standard InChI is InChI=1S/C10H18N2S/c1-9(5-8-13)3-6-12-7-4-10(2)11-12/h4,7,9,13H,3,5-6,8H2,1-2H3. The number of nitrogens with zero attached hydrogens (tertiary/aromatic N) is 2. The van der Waals surface area contributed by atoms with Gasteiger partial charge in [-0.2, -0.15) is 17.7 Å². The topological polar surface area (TPSA) is 17.8 Å². The molecular weight excluding hydrogens is 180 g/mol. The Balaban J connectivity index is 2.26. The van der Waals surface area contributed by atoms with Crippen molar-refractivity contribution in [2.75, 3.05) is 5.75 Å². The van der Waals surface area contributed by atoms with Crippen LogP contribution in [0, 0.1) is 12.8 Å². The molecule has 0 bridgehead atoms. The second kappa shape index (κ2) is 5.32. The van der Waals surface area contributed by atoms with Crippen LogP contribution in [0.25, 0.3) is 0 Å². The van der Waals surface area contributed by atoms with Crippen LogP contribution in [0.2, 0.25) is 0 Å². The number of thiol groups is 1. The molecule has 1 aromatic rings. The molecule has 0 aliphatic rings. The molecule has 1 unspecified atom stereocenters. The zero-order chi connectivity index (χ0) is 9.68. The van der Waals surface area contributed by atoms with Crippen LogP contribution in [-0.2, 0) is 6.54 Å². The summed E-state index contributed by atoms with van der Waals surface area (Å²) in [6.07, 6.45) is 4.44. The van der Waals surface area contributed by atoms with E-state index in [-0.39, 0.29) is 0 Å². The van der Waals surface area contributed by atoms with E-state index in [4.69, 9.17) is 0 Å². The highest BCUT2D eigenvalue weighted by Crippen LogP contribution is 2.09. The zero-order valence-corrected chi connectivity index (χ0v) is 9.30. The first kappa shape index (κ1) is 10.6. The van der Waals surface area contributed by atoms with Gasteiger partial charge in [-0.05, 0) is 37.5 Å². The molecule has 0 aromatic carbocycles. The summed E-state index contributed by atoms with van der Waals surface area (Å²) in [7, 11) is 0. The van der Waals surface area contributed by atoms with Crippen LogP contribution < -0.4 is 0 Å². The van der Waals surface area contributed by atoms with Crippen LogP contribution in [0.3, 0.4) is 0 Å². The summed E-state index contributed by atoms with van der Waals surface area (Å²) in [5.74, 6) is 1.74. The summed E-state index contributed by atoms with van der Waals surface area (Å²) in [5.41, 5.74) is 1.10. The molecule has 0 radical (unpaired) electrons. The molecule has 1 aromatic heterocycles. The van der Waals surface area contributed by atoms with Gasteiger partial charge in [-0.25, -0.2) is 0 Å². The van der Waals surface area contributed by atoms with E-state index in [0.717, 1.165) is 23.9 Å². The van der Waals surface area contributed by atoms with E-state index in [1.165, 1.54) is 12.8 Å². The summed E-state index contributed by atoms with van der Waals surface area (Å²) in [4.78, 5) is 0. The maximum Gasteiger partial charge on any atom is 0.0593 e. The lowest BCUT2D eigenvalue weighted by Crippen LogP contribution is -2.04. The van der Waals surface area contributed by atoms with E-state index < -0.39 is 0 Å². The highest BCUT2D eigenvalue weighted by atomic mass is 32.1. The van der Waals surface area contributed by atoms with E-state index in [9.17, 15) is 0 Å². The molecule has 1 rings (SSSR count). The van der Waals surface area contributed by atoms with Gasteiger partial charge in [0.15, 0.2) is 0 Å². The van der Waals surface area contributed by atoms with E-state index in [2.05, 4.69) is 24.7 Å². The zero-order valence-electron chi connectivity index (χ0n) is 8.40. The highest BCUT2D eigenvalue weighted by molar-refractivity contribution is 7.80. The van der Waals surface area contributed by atoms with E-state index in [1.807, 2.05) is 23.9 Å². The molecule has 0 saturated carbocycles. The summed E-state index contributed by atoms with van der Waals surface area (Å²) < 4.78 is 2.02. The second-order valence-electron chi connectivity index (χ2n) is 3.63. The third-order valence-corrected chi connectivity index (χ3v) is 2.51. The summed E-state index contributed by atoms with van der Waals surface area (Å²) in [5, 5.41) is 4.34. The van der Waals surface area contributed by atoms with Gasteiger partial charge in [0.05, 0.1) is 5.69 Å². The van der Waals surface area contributed by atoms with Crippen LogP contribution >= 0.6 is 12.6 Å². The first-order valence-electron chi connectivity index (χ1n) is 4.83. The summed E-state index contributed by atoms with van der Waals surface area (Å²) in [6, 6.07) is 2.04. The normalized spacial score (nSPS) is 13.2. The van der Waals surface area contributed by atoms with Crippen molar-refractivity contribution >= 4 is 12.6 Å². The first-order chi connectivity index (χ1) is 6.22. The van der Waals surface area contributed by atoms with Gasteiger partial charge in [0.1, 0.15) is 0 Å². The Labute approximate surface area is 85.7 Å². The lowest BCUT2D eigenvalue weighted by Gasteiger charge is -2.08. The quantitative estimate of drug-likeness (QED) is 0.720. The minimum atomic E-state index is 0.752. The Hall–Kier alpha value is -0.440. The molecule has 0 fully saturated rings. The lowest BCUT2D eigenvalue weighted by molar-refractivity contribution is 0.450. The maximum atomic E-state index is 4.34. The Morgan fingerprint density at radius 3 is 2.85 bits per heavy atom. The monoisotopic (exact) mass is 198 g/mol. The Kier molecular flexibility index (Phi) is 4.36. The Morgan fingerprint density at radius 2 is 2.31 bits per heavy atom. The van der Waals surface area contributed by atoms with Gasteiger partial charge < -0.3 is 0 Å². The van der Waals surface area contributed by atoms with Gasteiger partial charge in [0.25, 0.3) is 0 Å². The van der Waals surface area contributed by atoms with Gasteiger partial charge in [-0.1, -0.05) is 6.92 Å². The minimum absolute atomic E-state index is 0.752. The molecule has 0 N–H and O–H groups in total. The van der Waals surface area contributed by atoms with Crippen molar-refractivity contribution in [1.82, 2.24) is 9.78 Å².